The highest BCUT2D eigenvalue weighted by molar-refractivity contribution is 7.79. The van der Waals surface area contributed by atoms with Gasteiger partial charge in [-0.2, -0.15) is 11.3 Å². The Labute approximate surface area is 97.4 Å². The molecule has 0 aliphatic rings. The summed E-state index contributed by atoms with van der Waals surface area (Å²) in [4.78, 5) is 12.0. The molecular formula is C12H8OS2. The minimum absolute atomic E-state index is 0.0351. The molecule has 74 valence electrons. The predicted molar refractivity (Wildman–Crippen MR) is 67.0 cm³/mol. The summed E-state index contributed by atoms with van der Waals surface area (Å²) in [6.07, 6.45) is 0. The molecule has 0 amide bonds. The van der Waals surface area contributed by atoms with Gasteiger partial charge < -0.3 is 0 Å². The Kier molecular flexibility index (Phi) is 3.04. The zero-order valence-corrected chi connectivity index (χ0v) is 9.48. The first-order chi connectivity index (χ1) is 7.33. The van der Waals surface area contributed by atoms with Gasteiger partial charge in [0.2, 0.25) is 0 Å². The minimum Gasteiger partial charge on any atom is -0.289 e. The molecule has 0 radical (unpaired) electrons. The summed E-state index contributed by atoms with van der Waals surface area (Å²) in [5, 5.41) is 5.29. The van der Waals surface area contributed by atoms with E-state index in [-0.39, 0.29) is 5.78 Å². The highest BCUT2D eigenvalue weighted by Gasteiger charge is 2.11. The fourth-order valence-electron chi connectivity index (χ4n) is 1.36. The van der Waals surface area contributed by atoms with Crippen molar-refractivity contribution < 1.29 is 4.79 Å². The van der Waals surface area contributed by atoms with Crippen molar-refractivity contribution in [1.82, 2.24) is 0 Å². The summed E-state index contributed by atoms with van der Waals surface area (Å²) in [5.41, 5.74) is 2.21. The molecule has 0 aliphatic carbocycles. The summed E-state index contributed by atoms with van der Waals surface area (Å²) >= 11 is 6.40. The molecule has 0 bridgehead atoms. The van der Waals surface area contributed by atoms with E-state index in [1.165, 1.54) is 11.3 Å². The number of hydrogen-bond donors (Lipinski definition) is 0. The van der Waals surface area contributed by atoms with Crippen LogP contribution in [0.2, 0.25) is 0 Å². The van der Waals surface area contributed by atoms with Crippen molar-refractivity contribution >= 4 is 34.7 Å². The molecule has 1 heterocycles. The van der Waals surface area contributed by atoms with E-state index in [9.17, 15) is 4.79 Å². The van der Waals surface area contributed by atoms with Crippen LogP contribution in [-0.2, 0) is 0 Å². The number of carbonyl (C=O) groups excluding carboxylic acids is 1. The number of thiocarbonyl (C=S) groups is 1. The summed E-state index contributed by atoms with van der Waals surface area (Å²) in [7, 11) is 0. The van der Waals surface area contributed by atoms with Gasteiger partial charge in [0.15, 0.2) is 5.78 Å². The third kappa shape index (κ3) is 2.03. The maximum Gasteiger partial charge on any atom is 0.194 e. The molecule has 0 spiro atoms. The first-order valence-electron chi connectivity index (χ1n) is 4.44. The van der Waals surface area contributed by atoms with Crippen LogP contribution in [0.5, 0.6) is 0 Å². The van der Waals surface area contributed by atoms with Crippen molar-refractivity contribution in [3.8, 4) is 0 Å². The Balaban J connectivity index is 2.46. The largest absolute Gasteiger partial charge is 0.289 e. The van der Waals surface area contributed by atoms with Gasteiger partial charge in [-0.3, -0.25) is 4.79 Å². The molecule has 1 aromatic heterocycles. The molecule has 0 aliphatic heterocycles. The molecule has 15 heavy (non-hydrogen) atoms. The average Bonchev–Trinajstić information content (AvgIpc) is 2.81. The lowest BCUT2D eigenvalue weighted by Crippen LogP contribution is -2.03. The highest BCUT2D eigenvalue weighted by atomic mass is 32.1. The van der Waals surface area contributed by atoms with Gasteiger partial charge in [0.05, 0.1) is 0 Å². The number of thiophene rings is 1. The lowest BCUT2D eigenvalue weighted by Gasteiger charge is -2.02. The van der Waals surface area contributed by atoms with E-state index in [0.29, 0.717) is 5.56 Å². The molecule has 0 N–H and O–H groups in total. The Morgan fingerprint density at radius 1 is 1.27 bits per heavy atom. The predicted octanol–water partition coefficient (Wildman–Crippen LogP) is 3.33. The first kappa shape index (κ1) is 10.2. The van der Waals surface area contributed by atoms with Crippen LogP contribution in [0.25, 0.3) is 0 Å². The van der Waals surface area contributed by atoms with Crippen LogP contribution < -0.4 is 0 Å². The van der Waals surface area contributed by atoms with Gasteiger partial charge >= 0.3 is 0 Å². The maximum absolute atomic E-state index is 12.0. The lowest BCUT2D eigenvalue weighted by atomic mass is 10.0. The van der Waals surface area contributed by atoms with Crippen LogP contribution in [0.4, 0.5) is 0 Å². The normalized spacial score (nSPS) is 9.87. The van der Waals surface area contributed by atoms with Gasteiger partial charge in [-0.15, -0.1) is 0 Å². The Morgan fingerprint density at radius 2 is 2.07 bits per heavy atom. The Morgan fingerprint density at radius 3 is 2.73 bits per heavy atom. The number of hydrogen-bond acceptors (Lipinski definition) is 3. The number of rotatable bonds is 3. The van der Waals surface area contributed by atoms with Crippen LogP contribution in [0.15, 0.2) is 41.1 Å². The number of ketones is 1. The van der Waals surface area contributed by atoms with Crippen molar-refractivity contribution in [3.63, 3.8) is 0 Å². The summed E-state index contributed by atoms with van der Waals surface area (Å²) in [6, 6.07) is 9.21. The van der Waals surface area contributed by atoms with Crippen molar-refractivity contribution in [1.29, 1.82) is 0 Å². The second-order valence-electron chi connectivity index (χ2n) is 3.05. The summed E-state index contributed by atoms with van der Waals surface area (Å²) in [6.45, 7) is 0. The van der Waals surface area contributed by atoms with E-state index >= 15 is 0 Å². The van der Waals surface area contributed by atoms with Crippen LogP contribution in [0.3, 0.4) is 0 Å². The fourth-order valence-corrected chi connectivity index (χ4v) is 2.20. The van der Waals surface area contributed by atoms with Crippen molar-refractivity contribution in [2.75, 3.05) is 0 Å². The zero-order valence-electron chi connectivity index (χ0n) is 7.84. The summed E-state index contributed by atoms with van der Waals surface area (Å²) in [5.74, 6) is 0.0351. The van der Waals surface area contributed by atoms with E-state index in [0.717, 1.165) is 11.1 Å². The lowest BCUT2D eigenvalue weighted by molar-refractivity contribution is 0.103. The third-order valence-corrected chi connectivity index (χ3v) is 3.05. The molecular weight excluding hydrogens is 224 g/mol. The smallest absolute Gasteiger partial charge is 0.194 e. The van der Waals surface area contributed by atoms with Crippen LogP contribution in [-0.4, -0.2) is 11.2 Å². The fraction of sp³-hybridized carbons (Fsp3) is 0. The van der Waals surface area contributed by atoms with Crippen LogP contribution in [0.1, 0.15) is 21.5 Å². The quantitative estimate of drug-likeness (QED) is 0.596. The van der Waals surface area contributed by atoms with Crippen molar-refractivity contribution in [3.05, 3.63) is 57.8 Å². The monoisotopic (exact) mass is 232 g/mol. The standard InChI is InChI=1S/C12H8OS2/c13-12(10-5-6-15-8-10)11-4-2-1-3-9(11)7-14/h1-8H. The second-order valence-corrected chi connectivity index (χ2v) is 4.06. The molecule has 0 unspecified atom stereocenters. The van der Waals surface area contributed by atoms with Gasteiger partial charge in [-0.1, -0.05) is 36.5 Å². The molecule has 3 heteroatoms. The van der Waals surface area contributed by atoms with Crippen molar-refractivity contribution in [2.24, 2.45) is 0 Å². The minimum atomic E-state index is 0.0351. The molecule has 2 rings (SSSR count). The van der Waals surface area contributed by atoms with Gasteiger partial charge in [0.25, 0.3) is 0 Å². The van der Waals surface area contributed by atoms with E-state index in [2.05, 4.69) is 0 Å². The first-order valence-corrected chi connectivity index (χ1v) is 5.85. The SMILES string of the molecule is O=C(c1ccsc1)c1ccccc1C=S. The van der Waals surface area contributed by atoms with Gasteiger partial charge in [-0.25, -0.2) is 0 Å². The number of carbonyl (C=O) groups is 1. The van der Waals surface area contributed by atoms with E-state index in [4.69, 9.17) is 12.2 Å². The average molecular weight is 232 g/mol. The molecule has 0 saturated heterocycles. The topological polar surface area (TPSA) is 17.1 Å². The van der Waals surface area contributed by atoms with Crippen LogP contribution in [0, 0.1) is 0 Å². The summed E-state index contributed by atoms with van der Waals surface area (Å²) < 4.78 is 0. The number of benzene rings is 1. The molecule has 0 fully saturated rings. The highest BCUT2D eigenvalue weighted by Crippen LogP contribution is 2.15. The van der Waals surface area contributed by atoms with Crippen LogP contribution >= 0.6 is 23.6 Å². The second kappa shape index (κ2) is 4.47. The maximum atomic E-state index is 12.0. The van der Waals surface area contributed by atoms with E-state index in [1.807, 2.05) is 35.0 Å². The molecule has 1 nitrogen and oxygen atoms in total. The van der Waals surface area contributed by atoms with Gasteiger partial charge in [0, 0.05) is 21.9 Å². The molecule has 0 saturated carbocycles. The van der Waals surface area contributed by atoms with E-state index < -0.39 is 0 Å². The Bertz CT molecular complexity index is 486. The van der Waals surface area contributed by atoms with Crippen molar-refractivity contribution in [2.45, 2.75) is 0 Å². The third-order valence-electron chi connectivity index (χ3n) is 2.12. The van der Waals surface area contributed by atoms with Gasteiger partial charge in [-0.05, 0) is 17.0 Å². The molecule has 0 atom stereocenters. The van der Waals surface area contributed by atoms with Gasteiger partial charge in [0.1, 0.15) is 0 Å². The zero-order chi connectivity index (χ0) is 10.7. The molecule has 2 aromatic rings. The Hall–Kier alpha value is -1.32. The van der Waals surface area contributed by atoms with E-state index in [1.54, 1.807) is 11.4 Å². The molecule has 1 aromatic carbocycles.